The molecule has 0 radical (unpaired) electrons. The quantitative estimate of drug-likeness (QED) is 0.616. The zero-order valence-electron chi connectivity index (χ0n) is 17.2. The zero-order valence-corrected chi connectivity index (χ0v) is 18.1. The molecule has 0 saturated carbocycles. The van der Waals surface area contributed by atoms with Crippen LogP contribution in [0.25, 0.3) is 0 Å². The fourth-order valence-electron chi connectivity index (χ4n) is 3.74. The molecule has 1 aromatic carbocycles. The maximum atomic E-state index is 13.3. The molecule has 2 aromatic heterocycles. The number of aryl methyl sites for hydroxylation is 1. The summed E-state index contributed by atoms with van der Waals surface area (Å²) < 4.78 is 46.4. The lowest BCUT2D eigenvalue weighted by atomic mass is 10.1. The van der Waals surface area contributed by atoms with E-state index >= 15 is 0 Å². The second kappa shape index (κ2) is 8.60. The molecule has 3 aromatic rings. The van der Waals surface area contributed by atoms with Crippen molar-refractivity contribution in [3.63, 3.8) is 0 Å². The van der Waals surface area contributed by atoms with Crippen molar-refractivity contribution >= 4 is 21.5 Å². The van der Waals surface area contributed by atoms with Gasteiger partial charge < -0.3 is 10.1 Å². The maximum absolute atomic E-state index is 13.3. The number of halogens is 1. The minimum absolute atomic E-state index is 0.248. The van der Waals surface area contributed by atoms with E-state index in [4.69, 9.17) is 4.74 Å². The molecule has 3 heterocycles. The largest absolute Gasteiger partial charge is 0.496 e. The molecule has 4 rings (SSSR count). The summed E-state index contributed by atoms with van der Waals surface area (Å²) in [5, 5.41) is 3.05. The lowest BCUT2D eigenvalue weighted by Crippen LogP contribution is -2.31. The molecule has 1 atom stereocenters. The summed E-state index contributed by atoms with van der Waals surface area (Å²) in [4.78, 5) is 8.70. The van der Waals surface area contributed by atoms with Gasteiger partial charge in [0.15, 0.2) is 0 Å². The minimum Gasteiger partial charge on any atom is -0.496 e. The van der Waals surface area contributed by atoms with Crippen LogP contribution in [-0.4, -0.2) is 36.3 Å². The van der Waals surface area contributed by atoms with Crippen molar-refractivity contribution in [2.75, 3.05) is 19.0 Å². The number of methoxy groups -OCH3 is 1. The van der Waals surface area contributed by atoms with Crippen LogP contribution in [0.15, 0.2) is 59.8 Å². The van der Waals surface area contributed by atoms with Crippen molar-refractivity contribution in [2.45, 2.75) is 30.7 Å². The molecule has 31 heavy (non-hydrogen) atoms. The van der Waals surface area contributed by atoms with E-state index in [1.54, 1.807) is 31.5 Å². The van der Waals surface area contributed by atoms with Crippen LogP contribution >= 0.6 is 0 Å². The van der Waals surface area contributed by atoms with Crippen LogP contribution < -0.4 is 10.1 Å². The van der Waals surface area contributed by atoms with Crippen molar-refractivity contribution in [1.29, 1.82) is 0 Å². The van der Waals surface area contributed by atoms with Gasteiger partial charge in [0.1, 0.15) is 17.4 Å². The number of aromatic nitrogens is 2. The fourth-order valence-corrected chi connectivity index (χ4v) is 5.50. The average Bonchev–Trinajstić information content (AvgIpc) is 3.27. The van der Waals surface area contributed by atoms with E-state index in [9.17, 15) is 12.8 Å². The first-order valence-electron chi connectivity index (χ1n) is 9.89. The highest BCUT2D eigenvalue weighted by Gasteiger charge is 2.37. The van der Waals surface area contributed by atoms with E-state index in [2.05, 4.69) is 15.3 Å². The molecular formula is C22H23FN4O3S. The Hall–Kier alpha value is -3.04. The molecule has 0 unspecified atom stereocenters. The number of hydrogen-bond acceptors (Lipinski definition) is 6. The summed E-state index contributed by atoms with van der Waals surface area (Å²) >= 11 is 0. The van der Waals surface area contributed by atoms with Gasteiger partial charge in [0.25, 0.3) is 0 Å². The van der Waals surface area contributed by atoms with Crippen molar-refractivity contribution in [2.24, 2.45) is 0 Å². The van der Waals surface area contributed by atoms with Crippen molar-refractivity contribution < 1.29 is 17.5 Å². The van der Waals surface area contributed by atoms with Crippen molar-refractivity contribution in [3.05, 3.63) is 71.9 Å². The SMILES string of the molecule is COc1ccc(S(=O)(=O)N2CCC[C@H]2c2ccc(Nc3ccc(F)cn3)cn2)cc1C. The Kier molecular flexibility index (Phi) is 5.88. The van der Waals surface area contributed by atoms with Gasteiger partial charge in [-0.05, 0) is 67.8 Å². The molecule has 1 fully saturated rings. The van der Waals surface area contributed by atoms with E-state index < -0.39 is 15.8 Å². The Bertz CT molecular complexity index is 1170. The predicted octanol–water partition coefficient (Wildman–Crippen LogP) is 4.20. The first-order valence-corrected chi connectivity index (χ1v) is 11.3. The summed E-state index contributed by atoms with van der Waals surface area (Å²) in [6.45, 7) is 2.27. The molecular weight excluding hydrogens is 419 g/mol. The second-order valence-corrected chi connectivity index (χ2v) is 9.25. The number of pyridine rings is 2. The Morgan fingerprint density at radius 2 is 1.97 bits per heavy atom. The molecule has 1 aliphatic heterocycles. The van der Waals surface area contributed by atoms with E-state index in [1.807, 2.05) is 19.1 Å². The highest BCUT2D eigenvalue weighted by atomic mass is 32.2. The Balaban J connectivity index is 1.55. The summed E-state index contributed by atoms with van der Waals surface area (Å²) in [6.07, 6.45) is 4.22. The summed E-state index contributed by atoms with van der Waals surface area (Å²) in [5.74, 6) is 0.738. The number of hydrogen-bond donors (Lipinski definition) is 1. The van der Waals surface area contributed by atoms with E-state index in [-0.39, 0.29) is 10.9 Å². The molecule has 1 saturated heterocycles. The van der Waals surface area contributed by atoms with E-state index in [1.165, 1.54) is 16.4 Å². The minimum atomic E-state index is -3.67. The van der Waals surface area contributed by atoms with Crippen LogP contribution in [0.5, 0.6) is 5.75 Å². The number of ether oxygens (including phenoxy) is 1. The third-order valence-electron chi connectivity index (χ3n) is 5.30. The smallest absolute Gasteiger partial charge is 0.243 e. The maximum Gasteiger partial charge on any atom is 0.243 e. The summed E-state index contributed by atoms with van der Waals surface area (Å²) in [5.41, 5.74) is 2.13. The lowest BCUT2D eigenvalue weighted by Gasteiger charge is -2.24. The lowest BCUT2D eigenvalue weighted by molar-refractivity contribution is 0.390. The number of sulfonamides is 1. The Labute approximate surface area is 181 Å². The standard InChI is InChI=1S/C22H23FN4O3S/c1-15-12-18(7-9-21(15)30-2)31(28,29)27-11-3-4-20(27)19-8-6-17(14-24-19)26-22-10-5-16(23)13-25-22/h5-10,12-14,20H,3-4,11H2,1-2H3,(H,25,26)/t20-/m0/s1. The van der Waals surface area contributed by atoms with Gasteiger partial charge in [0, 0.05) is 6.54 Å². The topological polar surface area (TPSA) is 84.4 Å². The molecule has 1 aliphatic rings. The summed E-state index contributed by atoms with van der Waals surface area (Å²) in [7, 11) is -2.11. The Morgan fingerprint density at radius 1 is 1.13 bits per heavy atom. The third kappa shape index (κ3) is 4.38. The van der Waals surface area contributed by atoms with Crippen molar-refractivity contribution in [3.8, 4) is 5.75 Å². The second-order valence-electron chi connectivity index (χ2n) is 7.36. The number of rotatable bonds is 6. The third-order valence-corrected chi connectivity index (χ3v) is 7.21. The van der Waals surface area contributed by atoms with Gasteiger partial charge in [-0.2, -0.15) is 4.31 Å². The van der Waals surface area contributed by atoms with Crippen LogP contribution in [0.1, 0.15) is 30.1 Å². The number of nitrogens with zero attached hydrogens (tertiary/aromatic N) is 3. The zero-order chi connectivity index (χ0) is 22.0. The molecule has 7 nitrogen and oxygen atoms in total. The van der Waals surface area contributed by atoms with Gasteiger partial charge in [0.2, 0.25) is 10.0 Å². The molecule has 1 N–H and O–H groups in total. The summed E-state index contributed by atoms with van der Waals surface area (Å²) in [6, 6.07) is 11.0. The van der Waals surface area contributed by atoms with Crippen LogP contribution in [-0.2, 0) is 10.0 Å². The van der Waals surface area contributed by atoms with Gasteiger partial charge in [0.05, 0.1) is 41.8 Å². The number of benzene rings is 1. The molecule has 0 amide bonds. The predicted molar refractivity (Wildman–Crippen MR) is 115 cm³/mol. The number of anilines is 2. The normalized spacial score (nSPS) is 16.9. The van der Waals surface area contributed by atoms with Gasteiger partial charge in [-0.15, -0.1) is 0 Å². The average molecular weight is 443 g/mol. The van der Waals surface area contributed by atoms with Crippen molar-refractivity contribution in [1.82, 2.24) is 14.3 Å². The van der Waals surface area contributed by atoms with E-state index in [0.29, 0.717) is 35.9 Å². The fraction of sp³-hybridized carbons (Fsp3) is 0.273. The molecule has 0 bridgehead atoms. The molecule has 0 aliphatic carbocycles. The van der Waals surface area contributed by atoms with Crippen LogP contribution in [0.2, 0.25) is 0 Å². The number of nitrogens with one attached hydrogen (secondary N) is 1. The Morgan fingerprint density at radius 3 is 2.61 bits per heavy atom. The first kappa shape index (κ1) is 21.2. The van der Waals surface area contributed by atoms with E-state index in [0.717, 1.165) is 18.2 Å². The van der Waals surface area contributed by atoms with Gasteiger partial charge >= 0.3 is 0 Å². The van der Waals surface area contributed by atoms with Gasteiger partial charge in [-0.1, -0.05) is 0 Å². The molecule has 9 heteroatoms. The van der Waals surface area contributed by atoms with Crippen LogP contribution in [0.4, 0.5) is 15.9 Å². The highest BCUT2D eigenvalue weighted by molar-refractivity contribution is 7.89. The van der Waals surface area contributed by atoms with Crippen LogP contribution in [0.3, 0.4) is 0 Å². The van der Waals surface area contributed by atoms with Gasteiger partial charge in [-0.25, -0.2) is 17.8 Å². The first-order chi connectivity index (χ1) is 14.9. The highest BCUT2D eigenvalue weighted by Crippen LogP contribution is 2.36. The molecule has 0 spiro atoms. The van der Waals surface area contributed by atoms with Gasteiger partial charge in [-0.3, -0.25) is 4.98 Å². The van der Waals surface area contributed by atoms with Crippen LogP contribution in [0, 0.1) is 12.7 Å². The monoisotopic (exact) mass is 442 g/mol. The molecule has 162 valence electrons.